The summed E-state index contributed by atoms with van der Waals surface area (Å²) in [5, 5.41) is 3.12. The summed E-state index contributed by atoms with van der Waals surface area (Å²) >= 11 is 0. The zero-order valence-electron chi connectivity index (χ0n) is 9.66. The molecule has 0 aromatic carbocycles. The lowest BCUT2D eigenvalue weighted by Gasteiger charge is -2.26. The van der Waals surface area contributed by atoms with Gasteiger partial charge in [-0.05, 0) is 26.8 Å². The zero-order chi connectivity index (χ0) is 10.6. The van der Waals surface area contributed by atoms with E-state index in [-0.39, 0.29) is 24.4 Å². The molecule has 1 N–H and O–H groups in total. The van der Waals surface area contributed by atoms with Crippen molar-refractivity contribution in [3.05, 3.63) is 0 Å². The van der Waals surface area contributed by atoms with Crippen molar-refractivity contribution in [3.63, 3.8) is 0 Å². The molecule has 1 aliphatic rings. The predicted molar refractivity (Wildman–Crippen MR) is 62.4 cm³/mol. The van der Waals surface area contributed by atoms with Gasteiger partial charge in [0.25, 0.3) is 5.91 Å². The van der Waals surface area contributed by atoms with E-state index in [1.54, 1.807) is 14.0 Å². The number of amides is 1. The number of hydrogen-bond donors (Lipinski definition) is 1. The Morgan fingerprint density at radius 1 is 1.67 bits per heavy atom. The van der Waals surface area contributed by atoms with Crippen LogP contribution in [0.4, 0.5) is 0 Å². The van der Waals surface area contributed by atoms with Crippen molar-refractivity contribution < 1.29 is 9.53 Å². The average molecular weight is 237 g/mol. The van der Waals surface area contributed by atoms with Gasteiger partial charge in [-0.3, -0.25) is 4.79 Å². The third kappa shape index (κ3) is 3.63. The van der Waals surface area contributed by atoms with Crippen molar-refractivity contribution in [2.75, 3.05) is 27.2 Å². The first-order valence-corrected chi connectivity index (χ1v) is 5.18. The normalized spacial score (nSPS) is 22.3. The maximum absolute atomic E-state index is 11.8. The Balaban J connectivity index is 0.00000196. The third-order valence-electron chi connectivity index (χ3n) is 2.80. The van der Waals surface area contributed by atoms with Crippen molar-refractivity contribution in [2.45, 2.75) is 31.9 Å². The number of hydrogen-bond acceptors (Lipinski definition) is 3. The zero-order valence-corrected chi connectivity index (χ0v) is 10.5. The lowest BCUT2D eigenvalue weighted by molar-refractivity contribution is -0.141. The molecule has 1 amide bonds. The number of ether oxygens (including phenoxy) is 1. The van der Waals surface area contributed by atoms with Crippen LogP contribution in [0.5, 0.6) is 0 Å². The summed E-state index contributed by atoms with van der Waals surface area (Å²) in [6.07, 6.45) is 1.89. The molecule has 1 heterocycles. The van der Waals surface area contributed by atoms with E-state index in [0.29, 0.717) is 6.04 Å². The molecule has 4 nitrogen and oxygen atoms in total. The summed E-state index contributed by atoms with van der Waals surface area (Å²) in [6.45, 7) is 3.55. The number of likely N-dealkylation sites (N-methyl/N-ethyl adjacent to an activating group) is 1. The molecule has 0 aromatic heterocycles. The number of carbonyl (C=O) groups is 1. The number of carbonyl (C=O) groups excluding carboxylic acids is 1. The molecule has 0 aliphatic carbocycles. The summed E-state index contributed by atoms with van der Waals surface area (Å²) in [7, 11) is 3.49. The molecule has 1 fully saturated rings. The van der Waals surface area contributed by atoms with Crippen molar-refractivity contribution in [1.82, 2.24) is 10.2 Å². The molecule has 1 rings (SSSR count). The minimum Gasteiger partial charge on any atom is -0.372 e. The summed E-state index contributed by atoms with van der Waals surface area (Å²) in [6, 6.07) is 0.352. The molecule has 1 saturated heterocycles. The van der Waals surface area contributed by atoms with Gasteiger partial charge in [-0.1, -0.05) is 0 Å². The van der Waals surface area contributed by atoms with Gasteiger partial charge in [0.05, 0.1) is 0 Å². The minimum absolute atomic E-state index is 0. The van der Waals surface area contributed by atoms with Gasteiger partial charge in [0.15, 0.2) is 0 Å². The van der Waals surface area contributed by atoms with E-state index in [2.05, 4.69) is 5.32 Å². The van der Waals surface area contributed by atoms with Crippen LogP contribution in [0.25, 0.3) is 0 Å². The van der Waals surface area contributed by atoms with Gasteiger partial charge in [0.1, 0.15) is 6.10 Å². The summed E-state index contributed by atoms with van der Waals surface area (Å²) in [5.41, 5.74) is 0. The highest BCUT2D eigenvalue weighted by atomic mass is 35.5. The third-order valence-corrected chi connectivity index (χ3v) is 2.80. The van der Waals surface area contributed by atoms with Crippen LogP contribution in [0, 0.1) is 0 Å². The van der Waals surface area contributed by atoms with Crippen LogP contribution in [0.1, 0.15) is 19.8 Å². The molecular formula is C10H21ClN2O2. The molecular weight excluding hydrogens is 216 g/mol. The van der Waals surface area contributed by atoms with E-state index in [1.165, 1.54) is 0 Å². The number of nitrogens with one attached hydrogen (secondary N) is 1. The molecule has 5 heteroatoms. The Bertz CT molecular complexity index is 202. The maximum atomic E-state index is 11.8. The fourth-order valence-electron chi connectivity index (χ4n) is 1.91. The van der Waals surface area contributed by atoms with Gasteiger partial charge >= 0.3 is 0 Å². The molecule has 2 atom stereocenters. The molecule has 0 spiro atoms. The minimum atomic E-state index is -0.313. The van der Waals surface area contributed by atoms with Gasteiger partial charge in [0.2, 0.25) is 0 Å². The largest absolute Gasteiger partial charge is 0.372 e. The van der Waals surface area contributed by atoms with Crippen LogP contribution >= 0.6 is 12.4 Å². The first-order valence-electron chi connectivity index (χ1n) is 5.18. The first kappa shape index (κ1) is 14.7. The standard InChI is InChI=1S/C10H20N2O2.ClH/c1-8(14-3)10(13)12-6-4-5-9(12)7-11-2;/h8-9,11H,4-7H2,1-3H3;1H. The summed E-state index contributed by atoms with van der Waals surface area (Å²) < 4.78 is 5.04. The van der Waals surface area contributed by atoms with Crippen LogP contribution in [0.15, 0.2) is 0 Å². The molecule has 0 saturated carbocycles. The molecule has 2 unspecified atom stereocenters. The van der Waals surface area contributed by atoms with Crippen molar-refractivity contribution in [3.8, 4) is 0 Å². The van der Waals surface area contributed by atoms with E-state index in [9.17, 15) is 4.79 Å². The first-order chi connectivity index (χ1) is 6.70. The second-order valence-electron chi connectivity index (χ2n) is 3.76. The number of halogens is 1. The SMILES string of the molecule is CNCC1CCCN1C(=O)C(C)OC.Cl. The highest BCUT2D eigenvalue weighted by molar-refractivity contribution is 5.85. The van der Waals surface area contributed by atoms with Crippen molar-refractivity contribution >= 4 is 18.3 Å². The van der Waals surface area contributed by atoms with E-state index in [4.69, 9.17) is 4.74 Å². The highest BCUT2D eigenvalue weighted by Crippen LogP contribution is 2.17. The molecule has 0 bridgehead atoms. The van der Waals surface area contributed by atoms with Gasteiger partial charge in [-0.25, -0.2) is 0 Å². The topological polar surface area (TPSA) is 41.6 Å². The van der Waals surface area contributed by atoms with Crippen molar-refractivity contribution in [1.29, 1.82) is 0 Å². The second-order valence-corrected chi connectivity index (χ2v) is 3.76. The Morgan fingerprint density at radius 2 is 2.33 bits per heavy atom. The Labute approximate surface area is 97.8 Å². The smallest absolute Gasteiger partial charge is 0.251 e. The van der Waals surface area contributed by atoms with Crippen molar-refractivity contribution in [2.24, 2.45) is 0 Å². The van der Waals surface area contributed by atoms with Crippen LogP contribution in [0.2, 0.25) is 0 Å². The van der Waals surface area contributed by atoms with E-state index >= 15 is 0 Å². The Hall–Kier alpha value is -0.320. The van der Waals surface area contributed by atoms with Crippen LogP contribution in [-0.2, 0) is 9.53 Å². The molecule has 0 aromatic rings. The molecule has 15 heavy (non-hydrogen) atoms. The lowest BCUT2D eigenvalue weighted by Crippen LogP contribution is -2.45. The number of nitrogens with zero attached hydrogens (tertiary/aromatic N) is 1. The molecule has 0 radical (unpaired) electrons. The molecule has 1 aliphatic heterocycles. The average Bonchev–Trinajstić information content (AvgIpc) is 2.64. The fourth-order valence-corrected chi connectivity index (χ4v) is 1.91. The van der Waals surface area contributed by atoms with E-state index in [0.717, 1.165) is 25.9 Å². The number of rotatable bonds is 4. The van der Waals surface area contributed by atoms with Gasteiger partial charge in [0, 0.05) is 26.2 Å². The van der Waals surface area contributed by atoms with Gasteiger partial charge in [-0.2, -0.15) is 0 Å². The maximum Gasteiger partial charge on any atom is 0.251 e. The predicted octanol–water partition coefficient (Wildman–Crippen LogP) is 0.653. The summed E-state index contributed by atoms with van der Waals surface area (Å²) in [5.74, 6) is 0.116. The number of likely N-dealkylation sites (tertiary alicyclic amines) is 1. The van der Waals surface area contributed by atoms with Crippen LogP contribution < -0.4 is 5.32 Å². The molecule has 90 valence electrons. The monoisotopic (exact) mass is 236 g/mol. The van der Waals surface area contributed by atoms with Gasteiger partial charge in [-0.15, -0.1) is 12.4 Å². The van der Waals surface area contributed by atoms with Gasteiger partial charge < -0.3 is 15.0 Å². The Morgan fingerprint density at radius 3 is 2.87 bits per heavy atom. The lowest BCUT2D eigenvalue weighted by atomic mass is 10.2. The number of methoxy groups -OCH3 is 1. The van der Waals surface area contributed by atoms with E-state index in [1.807, 2.05) is 11.9 Å². The second kappa shape index (κ2) is 7.04. The highest BCUT2D eigenvalue weighted by Gasteiger charge is 2.30. The van der Waals surface area contributed by atoms with Crippen LogP contribution in [0.3, 0.4) is 0 Å². The summed E-state index contributed by atoms with van der Waals surface area (Å²) in [4.78, 5) is 13.8. The fraction of sp³-hybridized carbons (Fsp3) is 0.900. The quantitative estimate of drug-likeness (QED) is 0.780. The van der Waals surface area contributed by atoms with E-state index < -0.39 is 0 Å². The Kier molecular flexibility index (Phi) is 6.89. The van der Waals surface area contributed by atoms with Crippen LogP contribution in [-0.4, -0.2) is 50.2 Å².